The lowest BCUT2D eigenvalue weighted by molar-refractivity contribution is -0.144. The van der Waals surface area contributed by atoms with E-state index >= 15 is 0 Å². The molecule has 1 aliphatic rings. The second-order valence-electron chi connectivity index (χ2n) is 5.50. The van der Waals surface area contributed by atoms with Crippen LogP contribution in [0.1, 0.15) is 38.1 Å². The Morgan fingerprint density at radius 3 is 2.76 bits per heavy atom. The number of esters is 1. The van der Waals surface area contributed by atoms with Crippen LogP contribution in [0.3, 0.4) is 0 Å². The first kappa shape index (κ1) is 16.2. The molecule has 1 aromatic heterocycles. The molecule has 21 heavy (non-hydrogen) atoms. The molecule has 0 atom stereocenters. The molecule has 0 spiro atoms. The third-order valence-electron chi connectivity index (χ3n) is 3.44. The van der Waals surface area contributed by atoms with Gasteiger partial charge in [0, 0.05) is 32.1 Å². The van der Waals surface area contributed by atoms with Crippen LogP contribution in [0.2, 0.25) is 0 Å². The number of hydrogen-bond acceptors (Lipinski definition) is 7. The first-order chi connectivity index (χ1) is 10.1. The van der Waals surface area contributed by atoms with Crippen molar-refractivity contribution >= 4 is 22.4 Å². The SMILES string of the molecule is CCOC(=O)CN1CCCN(c2nnc(C(C)C)s2)CC1. The summed E-state index contributed by atoms with van der Waals surface area (Å²) in [5, 5.41) is 10.6. The Hall–Kier alpha value is -1.21. The van der Waals surface area contributed by atoms with Crippen LogP contribution in [0.15, 0.2) is 0 Å². The van der Waals surface area contributed by atoms with Gasteiger partial charge in [0.25, 0.3) is 0 Å². The standard InChI is InChI=1S/C14H24N4O2S/c1-4-20-12(19)10-17-6-5-7-18(9-8-17)14-16-15-13(21-14)11(2)3/h11H,4-10H2,1-3H3. The van der Waals surface area contributed by atoms with Crippen LogP contribution in [-0.4, -0.2) is 60.4 Å². The van der Waals surface area contributed by atoms with Crippen molar-refractivity contribution in [3.05, 3.63) is 5.01 Å². The molecule has 6 nitrogen and oxygen atoms in total. The maximum Gasteiger partial charge on any atom is 0.320 e. The fourth-order valence-electron chi connectivity index (χ4n) is 2.30. The number of rotatable bonds is 5. The normalized spacial score (nSPS) is 17.0. The van der Waals surface area contributed by atoms with Crippen LogP contribution in [0.4, 0.5) is 5.13 Å². The lowest BCUT2D eigenvalue weighted by Gasteiger charge is -2.20. The first-order valence-electron chi connectivity index (χ1n) is 7.56. The Labute approximate surface area is 130 Å². The molecule has 0 aliphatic carbocycles. The minimum Gasteiger partial charge on any atom is -0.465 e. The van der Waals surface area contributed by atoms with Gasteiger partial charge in [0.2, 0.25) is 5.13 Å². The van der Waals surface area contributed by atoms with Gasteiger partial charge in [-0.25, -0.2) is 0 Å². The van der Waals surface area contributed by atoms with Crippen molar-refractivity contribution in [2.75, 3.05) is 44.2 Å². The van der Waals surface area contributed by atoms with E-state index in [1.54, 1.807) is 11.3 Å². The lowest BCUT2D eigenvalue weighted by Crippen LogP contribution is -2.34. The summed E-state index contributed by atoms with van der Waals surface area (Å²) in [5.41, 5.74) is 0. The molecular weight excluding hydrogens is 288 g/mol. The number of carbonyl (C=O) groups excluding carboxylic acids is 1. The molecule has 0 bridgehead atoms. The molecule has 2 heterocycles. The summed E-state index contributed by atoms with van der Waals surface area (Å²) >= 11 is 1.67. The van der Waals surface area contributed by atoms with E-state index in [-0.39, 0.29) is 5.97 Å². The van der Waals surface area contributed by atoms with Crippen molar-refractivity contribution in [3.8, 4) is 0 Å². The highest BCUT2D eigenvalue weighted by molar-refractivity contribution is 7.15. The van der Waals surface area contributed by atoms with Gasteiger partial charge in [-0.15, -0.1) is 10.2 Å². The van der Waals surface area contributed by atoms with E-state index < -0.39 is 0 Å². The zero-order chi connectivity index (χ0) is 15.2. The molecule has 0 amide bonds. The lowest BCUT2D eigenvalue weighted by atomic mass is 10.2. The largest absolute Gasteiger partial charge is 0.465 e. The summed E-state index contributed by atoms with van der Waals surface area (Å²) in [4.78, 5) is 16.0. The van der Waals surface area contributed by atoms with E-state index in [9.17, 15) is 4.79 Å². The average Bonchev–Trinajstić information content (AvgIpc) is 2.82. The molecule has 0 aromatic carbocycles. The van der Waals surface area contributed by atoms with Crippen LogP contribution < -0.4 is 4.90 Å². The molecule has 0 unspecified atom stereocenters. The average molecular weight is 312 g/mol. The van der Waals surface area contributed by atoms with Crippen molar-refractivity contribution in [1.29, 1.82) is 0 Å². The summed E-state index contributed by atoms with van der Waals surface area (Å²) in [7, 11) is 0. The number of aromatic nitrogens is 2. The molecule has 0 saturated carbocycles. The first-order valence-corrected chi connectivity index (χ1v) is 8.38. The van der Waals surface area contributed by atoms with Gasteiger partial charge in [-0.1, -0.05) is 25.2 Å². The van der Waals surface area contributed by atoms with Crippen molar-refractivity contribution in [1.82, 2.24) is 15.1 Å². The van der Waals surface area contributed by atoms with Crippen LogP contribution in [0, 0.1) is 0 Å². The molecule has 2 rings (SSSR count). The highest BCUT2D eigenvalue weighted by Crippen LogP contribution is 2.26. The second kappa shape index (κ2) is 7.70. The van der Waals surface area contributed by atoms with Gasteiger partial charge in [0.1, 0.15) is 5.01 Å². The molecule has 7 heteroatoms. The Morgan fingerprint density at radius 2 is 2.10 bits per heavy atom. The molecule has 0 N–H and O–H groups in total. The third kappa shape index (κ3) is 4.64. The topological polar surface area (TPSA) is 58.6 Å². The minimum absolute atomic E-state index is 0.135. The number of carbonyl (C=O) groups is 1. The van der Waals surface area contributed by atoms with Crippen LogP contribution in [0.25, 0.3) is 0 Å². The van der Waals surface area contributed by atoms with E-state index in [4.69, 9.17) is 4.74 Å². The summed E-state index contributed by atoms with van der Waals surface area (Å²) in [5.74, 6) is 0.285. The summed E-state index contributed by atoms with van der Waals surface area (Å²) < 4.78 is 5.01. The second-order valence-corrected chi connectivity index (χ2v) is 6.49. The number of ether oxygens (including phenoxy) is 1. The minimum atomic E-state index is -0.135. The zero-order valence-electron chi connectivity index (χ0n) is 13.0. The summed E-state index contributed by atoms with van der Waals surface area (Å²) in [6.45, 7) is 10.6. The number of nitrogens with zero attached hydrogens (tertiary/aromatic N) is 4. The fourth-order valence-corrected chi connectivity index (χ4v) is 3.19. The number of hydrogen-bond donors (Lipinski definition) is 0. The summed E-state index contributed by atoms with van der Waals surface area (Å²) in [6.07, 6.45) is 1.02. The van der Waals surface area contributed by atoms with Crippen molar-refractivity contribution in [2.24, 2.45) is 0 Å². The highest BCUT2D eigenvalue weighted by atomic mass is 32.1. The van der Waals surface area contributed by atoms with Gasteiger partial charge >= 0.3 is 5.97 Å². The van der Waals surface area contributed by atoms with E-state index in [1.807, 2.05) is 6.92 Å². The molecule has 0 radical (unpaired) electrons. The van der Waals surface area contributed by atoms with E-state index in [2.05, 4.69) is 33.8 Å². The highest BCUT2D eigenvalue weighted by Gasteiger charge is 2.20. The van der Waals surface area contributed by atoms with Gasteiger partial charge in [-0.3, -0.25) is 9.69 Å². The van der Waals surface area contributed by atoms with Crippen molar-refractivity contribution < 1.29 is 9.53 Å². The Morgan fingerprint density at radius 1 is 1.29 bits per heavy atom. The van der Waals surface area contributed by atoms with Crippen LogP contribution in [0.5, 0.6) is 0 Å². The molecule has 1 fully saturated rings. The third-order valence-corrected chi connectivity index (χ3v) is 4.73. The smallest absolute Gasteiger partial charge is 0.320 e. The molecular formula is C14H24N4O2S. The van der Waals surface area contributed by atoms with Gasteiger partial charge in [-0.2, -0.15) is 0 Å². The zero-order valence-corrected chi connectivity index (χ0v) is 13.9. The monoisotopic (exact) mass is 312 g/mol. The molecule has 1 saturated heterocycles. The van der Waals surface area contributed by atoms with Gasteiger partial charge in [-0.05, 0) is 13.3 Å². The van der Waals surface area contributed by atoms with Gasteiger partial charge < -0.3 is 9.64 Å². The Kier molecular flexibility index (Phi) is 5.93. The van der Waals surface area contributed by atoms with Crippen molar-refractivity contribution in [3.63, 3.8) is 0 Å². The Balaban J connectivity index is 1.89. The van der Waals surface area contributed by atoms with Crippen LogP contribution in [-0.2, 0) is 9.53 Å². The Bertz CT molecular complexity index is 464. The maximum atomic E-state index is 11.6. The number of anilines is 1. The maximum absolute atomic E-state index is 11.6. The molecule has 1 aliphatic heterocycles. The van der Waals surface area contributed by atoms with Gasteiger partial charge in [0.05, 0.1) is 13.2 Å². The van der Waals surface area contributed by atoms with Crippen LogP contribution >= 0.6 is 11.3 Å². The van der Waals surface area contributed by atoms with Crippen molar-refractivity contribution in [2.45, 2.75) is 33.1 Å². The fraction of sp³-hybridized carbons (Fsp3) is 0.786. The molecule has 118 valence electrons. The van der Waals surface area contributed by atoms with E-state index in [0.717, 1.165) is 42.7 Å². The molecule has 1 aromatic rings. The van der Waals surface area contributed by atoms with E-state index in [0.29, 0.717) is 19.1 Å². The predicted molar refractivity (Wildman–Crippen MR) is 83.9 cm³/mol. The van der Waals surface area contributed by atoms with E-state index in [1.165, 1.54) is 0 Å². The summed E-state index contributed by atoms with van der Waals surface area (Å²) in [6, 6.07) is 0. The van der Waals surface area contributed by atoms with Gasteiger partial charge in [0.15, 0.2) is 0 Å². The quantitative estimate of drug-likeness (QED) is 0.772. The predicted octanol–water partition coefficient (Wildman–Crippen LogP) is 1.74.